The fourth-order valence-corrected chi connectivity index (χ4v) is 4.44. The molecule has 148 valence electrons. The topological polar surface area (TPSA) is 39.7 Å². The second kappa shape index (κ2) is 8.74. The van der Waals surface area contributed by atoms with Crippen LogP contribution in [-0.4, -0.2) is 59.5 Å². The Morgan fingerprint density at radius 2 is 1.79 bits per heavy atom. The molecule has 2 aliphatic rings. The molecular weight excluding hydrogens is 348 g/mol. The van der Waals surface area contributed by atoms with Gasteiger partial charge in [0.15, 0.2) is 0 Å². The van der Waals surface area contributed by atoms with Gasteiger partial charge in [0.2, 0.25) is 5.91 Å². The van der Waals surface area contributed by atoms with E-state index in [1.807, 2.05) is 18.3 Å². The van der Waals surface area contributed by atoms with Crippen LogP contribution in [0.3, 0.4) is 0 Å². The van der Waals surface area contributed by atoms with Crippen LogP contribution in [-0.2, 0) is 11.3 Å². The number of aromatic nitrogens is 1. The maximum Gasteiger partial charge on any atom is 0.240 e. The molecule has 1 aromatic heterocycles. The van der Waals surface area contributed by atoms with Gasteiger partial charge in [0, 0.05) is 38.9 Å². The van der Waals surface area contributed by atoms with Crippen LogP contribution in [0.5, 0.6) is 0 Å². The monoisotopic (exact) mass is 378 g/mol. The molecule has 0 unspecified atom stereocenters. The number of likely N-dealkylation sites (tertiary alicyclic amines) is 1. The van der Waals surface area contributed by atoms with Gasteiger partial charge in [0.25, 0.3) is 0 Å². The number of carbonyl (C=O) groups excluding carboxylic acids is 1. The quantitative estimate of drug-likeness (QED) is 0.820. The van der Waals surface area contributed by atoms with Crippen LogP contribution in [0.25, 0.3) is 0 Å². The summed E-state index contributed by atoms with van der Waals surface area (Å²) in [6.45, 7) is 7.26. The molecule has 5 nitrogen and oxygen atoms in total. The van der Waals surface area contributed by atoms with Crippen molar-refractivity contribution >= 4 is 11.7 Å². The van der Waals surface area contributed by atoms with Crippen LogP contribution in [0, 0.1) is 6.92 Å². The molecule has 0 aliphatic carbocycles. The summed E-state index contributed by atoms with van der Waals surface area (Å²) in [5.74, 6) is 1.37. The Morgan fingerprint density at radius 1 is 1.00 bits per heavy atom. The van der Waals surface area contributed by atoms with E-state index < -0.39 is 0 Å². The Labute approximate surface area is 168 Å². The molecule has 0 bridgehead atoms. The number of piperidine rings is 1. The van der Waals surface area contributed by atoms with Gasteiger partial charge in [0.05, 0.1) is 6.04 Å². The van der Waals surface area contributed by atoms with Gasteiger partial charge in [-0.05, 0) is 43.5 Å². The molecule has 1 aromatic carbocycles. The third-order valence-electron chi connectivity index (χ3n) is 6.00. The highest BCUT2D eigenvalue weighted by Gasteiger charge is 2.33. The predicted octanol–water partition coefficient (Wildman–Crippen LogP) is 3.09. The fourth-order valence-electron chi connectivity index (χ4n) is 4.44. The molecular formula is C23H30N4O. The zero-order valence-electron chi connectivity index (χ0n) is 16.8. The second-order valence-corrected chi connectivity index (χ2v) is 7.92. The van der Waals surface area contributed by atoms with Crippen molar-refractivity contribution in [3.8, 4) is 0 Å². The maximum absolute atomic E-state index is 13.3. The average molecular weight is 379 g/mol. The largest absolute Gasteiger partial charge is 0.353 e. The van der Waals surface area contributed by atoms with Crippen molar-refractivity contribution in [3.05, 3.63) is 59.8 Å². The van der Waals surface area contributed by atoms with Crippen LogP contribution in [0.15, 0.2) is 48.7 Å². The summed E-state index contributed by atoms with van der Waals surface area (Å²) < 4.78 is 0. The number of hydrogen-bond donors (Lipinski definition) is 0. The zero-order chi connectivity index (χ0) is 19.3. The number of nitrogens with zero attached hydrogens (tertiary/aromatic N) is 4. The molecule has 0 N–H and O–H groups in total. The van der Waals surface area contributed by atoms with E-state index in [0.717, 1.165) is 57.9 Å². The van der Waals surface area contributed by atoms with Gasteiger partial charge >= 0.3 is 0 Å². The van der Waals surface area contributed by atoms with Crippen LogP contribution < -0.4 is 4.90 Å². The summed E-state index contributed by atoms with van der Waals surface area (Å²) >= 11 is 0. The number of carbonyl (C=O) groups is 1. The Balaban J connectivity index is 1.39. The number of pyridine rings is 1. The first-order valence-electron chi connectivity index (χ1n) is 10.5. The molecule has 2 fully saturated rings. The number of rotatable bonds is 4. The van der Waals surface area contributed by atoms with E-state index in [1.54, 1.807) is 0 Å². The highest BCUT2D eigenvalue weighted by atomic mass is 16.2. The molecule has 1 amide bonds. The molecule has 28 heavy (non-hydrogen) atoms. The lowest BCUT2D eigenvalue weighted by Gasteiger charge is -2.41. The predicted molar refractivity (Wildman–Crippen MR) is 112 cm³/mol. The minimum absolute atomic E-state index is 0.0251. The molecule has 2 aliphatic heterocycles. The minimum atomic E-state index is 0.0251. The third kappa shape index (κ3) is 4.20. The van der Waals surface area contributed by atoms with Crippen molar-refractivity contribution in [2.45, 2.75) is 38.8 Å². The molecule has 3 heterocycles. The SMILES string of the molecule is Cc1cccnc1N1CCN(C(=O)[C@@H]2CCCCN2Cc2ccccc2)CC1. The maximum atomic E-state index is 13.3. The smallest absolute Gasteiger partial charge is 0.240 e. The number of anilines is 1. The van der Waals surface area contributed by atoms with Crippen LogP contribution in [0.4, 0.5) is 5.82 Å². The van der Waals surface area contributed by atoms with Crippen molar-refractivity contribution in [2.24, 2.45) is 0 Å². The molecule has 4 rings (SSSR count). The minimum Gasteiger partial charge on any atom is -0.353 e. The summed E-state index contributed by atoms with van der Waals surface area (Å²) in [5.41, 5.74) is 2.49. The number of benzene rings is 1. The number of amides is 1. The van der Waals surface area contributed by atoms with Crippen molar-refractivity contribution < 1.29 is 4.79 Å². The Hall–Kier alpha value is -2.40. The van der Waals surface area contributed by atoms with Crippen LogP contribution in [0.1, 0.15) is 30.4 Å². The Bertz CT molecular complexity index is 786. The highest BCUT2D eigenvalue weighted by molar-refractivity contribution is 5.82. The second-order valence-electron chi connectivity index (χ2n) is 7.92. The first-order valence-corrected chi connectivity index (χ1v) is 10.5. The van der Waals surface area contributed by atoms with Gasteiger partial charge in [0.1, 0.15) is 5.82 Å². The third-order valence-corrected chi connectivity index (χ3v) is 6.00. The number of aryl methyl sites for hydroxylation is 1. The molecule has 2 saturated heterocycles. The summed E-state index contributed by atoms with van der Waals surface area (Å²) in [6.07, 6.45) is 5.16. The zero-order valence-corrected chi connectivity index (χ0v) is 16.8. The molecule has 1 atom stereocenters. The summed E-state index contributed by atoms with van der Waals surface area (Å²) in [4.78, 5) is 24.6. The summed E-state index contributed by atoms with van der Waals surface area (Å²) in [6, 6.07) is 14.6. The van der Waals surface area contributed by atoms with Gasteiger partial charge in [-0.3, -0.25) is 9.69 Å². The number of hydrogen-bond acceptors (Lipinski definition) is 4. The van der Waals surface area contributed by atoms with Crippen molar-refractivity contribution in [2.75, 3.05) is 37.6 Å². The lowest BCUT2D eigenvalue weighted by atomic mass is 9.99. The average Bonchev–Trinajstić information content (AvgIpc) is 2.75. The van der Waals surface area contributed by atoms with Crippen molar-refractivity contribution in [1.29, 1.82) is 0 Å². The van der Waals surface area contributed by atoms with E-state index in [-0.39, 0.29) is 6.04 Å². The van der Waals surface area contributed by atoms with E-state index in [1.165, 1.54) is 17.5 Å². The highest BCUT2D eigenvalue weighted by Crippen LogP contribution is 2.23. The fraction of sp³-hybridized carbons (Fsp3) is 0.478. The number of piperazine rings is 1. The Kier molecular flexibility index (Phi) is 5.91. The molecule has 2 aromatic rings. The van der Waals surface area contributed by atoms with E-state index in [0.29, 0.717) is 5.91 Å². The van der Waals surface area contributed by atoms with Gasteiger partial charge in [-0.25, -0.2) is 4.98 Å². The van der Waals surface area contributed by atoms with E-state index >= 15 is 0 Å². The van der Waals surface area contributed by atoms with Crippen LogP contribution in [0.2, 0.25) is 0 Å². The standard InChI is InChI=1S/C23H30N4O/c1-19-8-7-12-24-22(19)25-14-16-26(17-15-25)23(28)21-11-5-6-13-27(21)18-20-9-3-2-4-10-20/h2-4,7-10,12,21H,5-6,11,13-18H2,1H3/t21-/m0/s1. The van der Waals surface area contributed by atoms with Gasteiger partial charge in [-0.2, -0.15) is 0 Å². The van der Waals surface area contributed by atoms with Crippen LogP contribution >= 0.6 is 0 Å². The first kappa shape index (κ1) is 18.9. The molecule has 0 saturated carbocycles. The van der Waals surface area contributed by atoms with E-state index in [9.17, 15) is 4.79 Å². The van der Waals surface area contributed by atoms with E-state index in [2.05, 4.69) is 56.9 Å². The van der Waals surface area contributed by atoms with Crippen molar-refractivity contribution in [3.63, 3.8) is 0 Å². The molecule has 5 heteroatoms. The van der Waals surface area contributed by atoms with Gasteiger partial charge in [-0.15, -0.1) is 0 Å². The first-order chi connectivity index (χ1) is 13.7. The normalized spacial score (nSPS) is 21.0. The molecule has 0 radical (unpaired) electrons. The van der Waals surface area contributed by atoms with Gasteiger partial charge < -0.3 is 9.80 Å². The Morgan fingerprint density at radius 3 is 2.54 bits per heavy atom. The van der Waals surface area contributed by atoms with Gasteiger partial charge in [-0.1, -0.05) is 42.8 Å². The summed E-state index contributed by atoms with van der Waals surface area (Å²) in [5, 5.41) is 0. The van der Waals surface area contributed by atoms with E-state index in [4.69, 9.17) is 0 Å². The molecule has 0 spiro atoms. The lowest BCUT2D eigenvalue weighted by Crippen LogP contribution is -2.56. The lowest BCUT2D eigenvalue weighted by molar-refractivity contribution is -0.138. The summed E-state index contributed by atoms with van der Waals surface area (Å²) in [7, 11) is 0. The van der Waals surface area contributed by atoms with Crippen molar-refractivity contribution in [1.82, 2.24) is 14.8 Å².